The smallest absolute Gasteiger partial charge is 0.246 e. The lowest BCUT2D eigenvalue weighted by molar-refractivity contribution is -0.293. The molecule has 3 fully saturated rings. The number of aliphatic hydroxyl groups is 3. The number of hydrogen-bond donors (Lipinski definition) is 15. The number of nitrogens with one attached hydrogen (secondary N) is 9. The van der Waals surface area contributed by atoms with Crippen LogP contribution in [0, 0.1) is 11.8 Å². The Labute approximate surface area is 620 Å². The van der Waals surface area contributed by atoms with Gasteiger partial charge in [0.05, 0.1) is 24.9 Å². The molecule has 0 bridgehead atoms. The number of ether oxygens (including phenoxy) is 2. The summed E-state index contributed by atoms with van der Waals surface area (Å²) < 4.78 is 12.6. The highest BCUT2D eigenvalue weighted by molar-refractivity contribution is 6.00. The average molecular weight is 1480 g/mol. The molecule has 3 saturated heterocycles. The van der Waals surface area contributed by atoms with Crippen molar-refractivity contribution in [2.24, 2.45) is 23.3 Å². The second-order valence-electron chi connectivity index (χ2n) is 28.1. The summed E-state index contributed by atoms with van der Waals surface area (Å²) in [6.07, 6.45) is -6.97. The van der Waals surface area contributed by atoms with Crippen molar-refractivity contribution in [1.82, 2.24) is 67.7 Å². The topological polar surface area (TPSA) is 481 Å². The Hall–Kier alpha value is -10.3. The maximum atomic E-state index is 15.4. The Bertz CT molecular complexity index is 3820. The highest BCUT2D eigenvalue weighted by Gasteiger charge is 2.44. The van der Waals surface area contributed by atoms with Crippen LogP contribution in [0.3, 0.4) is 0 Å². The van der Waals surface area contributed by atoms with Crippen molar-refractivity contribution in [3.05, 3.63) is 149 Å². The lowest BCUT2D eigenvalue weighted by Crippen LogP contribution is -2.62. The van der Waals surface area contributed by atoms with Gasteiger partial charge in [0.15, 0.2) is 6.29 Å². The van der Waals surface area contributed by atoms with Gasteiger partial charge in [0.25, 0.3) is 0 Å². The summed E-state index contributed by atoms with van der Waals surface area (Å²) >= 11 is 0. The van der Waals surface area contributed by atoms with Crippen molar-refractivity contribution in [2.75, 3.05) is 19.7 Å². The zero-order valence-corrected chi connectivity index (χ0v) is 60.7. The van der Waals surface area contributed by atoms with E-state index in [2.05, 4.69) is 58.2 Å². The quantitative estimate of drug-likeness (QED) is 0.0351. The average Bonchev–Trinajstić information content (AvgIpc) is 1.76. The maximum Gasteiger partial charge on any atom is 0.246 e. The molecule has 0 unspecified atom stereocenters. The fraction of sp³-hybridized carbons (Fsp3) is 0.507. The zero-order chi connectivity index (χ0) is 77.4. The molecule has 0 radical (unpaired) electrons. The number of amides is 11. The second-order valence-corrected chi connectivity index (χ2v) is 28.1. The molecule has 15 atom stereocenters. The minimum absolute atomic E-state index is 0.0420. The summed E-state index contributed by atoms with van der Waals surface area (Å²) in [4.78, 5) is 165. The van der Waals surface area contributed by atoms with Gasteiger partial charge in [-0.3, -0.25) is 52.7 Å². The third-order valence-electron chi connectivity index (χ3n) is 18.8. The summed E-state index contributed by atoms with van der Waals surface area (Å²) in [5.41, 5.74) is 13.8. The fourth-order valence-corrected chi connectivity index (χ4v) is 12.9. The molecular weight excluding hydrogens is 1380 g/mol. The number of nitrogens with zero attached hydrogens (tertiary/aromatic N) is 4. The molecule has 0 spiro atoms. The molecule has 1 aromatic heterocycles. The zero-order valence-electron chi connectivity index (χ0n) is 60.7. The van der Waals surface area contributed by atoms with Crippen LogP contribution < -0.4 is 59.3 Å². The van der Waals surface area contributed by atoms with Crippen molar-refractivity contribution in [1.29, 1.82) is 0 Å². The molecule has 0 aliphatic carbocycles. The van der Waals surface area contributed by atoms with Crippen molar-refractivity contribution >= 4 is 65.0 Å². The molecule has 578 valence electrons. The van der Waals surface area contributed by atoms with Gasteiger partial charge in [0.2, 0.25) is 65.0 Å². The van der Waals surface area contributed by atoms with E-state index in [-0.39, 0.29) is 95.0 Å². The van der Waals surface area contributed by atoms with E-state index in [0.717, 1.165) is 0 Å². The van der Waals surface area contributed by atoms with E-state index in [1.165, 1.54) is 47.0 Å². The number of fused-ring (bicyclic) bond motifs is 1. The van der Waals surface area contributed by atoms with E-state index in [1.54, 1.807) is 105 Å². The first-order valence-corrected chi connectivity index (χ1v) is 36.3. The number of aromatic nitrogens is 3. The van der Waals surface area contributed by atoms with E-state index < -0.39 is 181 Å². The number of aromatic hydroxyl groups is 1. The Kier molecular flexibility index (Phi) is 30.7. The van der Waals surface area contributed by atoms with E-state index in [4.69, 9.17) is 20.9 Å². The van der Waals surface area contributed by atoms with Gasteiger partial charge in [-0.1, -0.05) is 136 Å². The summed E-state index contributed by atoms with van der Waals surface area (Å²) in [5, 5.41) is 74.8. The van der Waals surface area contributed by atoms with Crippen LogP contribution in [0.5, 0.6) is 5.75 Å². The van der Waals surface area contributed by atoms with Gasteiger partial charge in [-0.2, -0.15) is 0 Å². The summed E-state index contributed by atoms with van der Waals surface area (Å²) in [5.74, 6) is -10.7. The Morgan fingerprint density at radius 2 is 1.00 bits per heavy atom. The highest BCUT2D eigenvalue weighted by atomic mass is 16.7. The molecule has 0 saturated carbocycles. The van der Waals surface area contributed by atoms with E-state index >= 15 is 28.8 Å². The SMILES string of the molecule is CC(C)C[C@@H]1NC(=O)[C@H](CCCN)NC(=O)[C@H](C(C)C)NC(=O)[C@H](Cc2ccc(O)cc2)NC(=O)[C@H](CCC(N)=O)NC(=O)[C@H](Cc2cn(CCO[C@H]3O[C@@H](C)[C@@H](O)[C@@H](O)[C@@H]3O)nn2)NC(=O)[C@@H](Cc2ccccc2)NC(=O)[C@H](Cc2ccccc2)NC(=O)[C@@H]2CCCN2C(=O)[C@@H](Cc2ccccc2)NC1=O. The third-order valence-corrected chi connectivity index (χ3v) is 18.8. The standard InChI is InChI=1S/C75H101N15O17/c1-42(2)35-53-67(98)85-58(39-47-21-13-8-14-22-47)74(105)90-32-16-24-59(90)72(103)84-55(37-46-19-11-7-12-20-46)69(100)82-54(36-45-17-9-6-10-18-45)68(99)83-57(40-49-41-89(88-87-49)33-34-106-75-64(95)63(94)62(93)44(5)107-75)70(101)78-52(29-30-60(77)92)66(97)81-56(38-48-25-27-50(91)28-26-48)71(102)86-61(43(3)4)73(104)79-51(23-15-31-76)65(96)80-53/h6-14,17-22,25-28,41-44,51-59,61-64,75,91,93-95H,15-16,23-24,29-40,76H2,1-5H3,(H2,77,92)(H,78,101)(H,79,104)(H,80,96)(H,81,97)(H,82,100)(H,83,99)(H,84,103)(H,85,98)(H,86,102)/t44-,51-,52-,53-,54+,55-,56-,57-,58+,59-,61-,62+,63+,64-,75-/m0/s1. The van der Waals surface area contributed by atoms with Crippen molar-refractivity contribution in [3.63, 3.8) is 0 Å². The maximum absolute atomic E-state index is 15.4. The molecule has 3 aliphatic heterocycles. The molecule has 4 heterocycles. The third kappa shape index (κ3) is 24.4. The number of carbonyl (C=O) groups excluding carboxylic acids is 11. The molecule has 5 aromatic rings. The van der Waals surface area contributed by atoms with Gasteiger partial charge in [0.1, 0.15) is 84.5 Å². The number of carbonyl (C=O) groups is 11. The molecule has 8 rings (SSSR count). The molecule has 4 aromatic carbocycles. The van der Waals surface area contributed by atoms with Crippen LogP contribution in [0.4, 0.5) is 0 Å². The molecule has 107 heavy (non-hydrogen) atoms. The predicted octanol–water partition coefficient (Wildman–Crippen LogP) is -1.58. The first-order chi connectivity index (χ1) is 51.1. The molecule has 11 amide bonds. The van der Waals surface area contributed by atoms with E-state index in [0.29, 0.717) is 28.7 Å². The fourth-order valence-electron chi connectivity index (χ4n) is 12.9. The van der Waals surface area contributed by atoms with Gasteiger partial charge >= 0.3 is 0 Å². The number of primary amides is 1. The first-order valence-electron chi connectivity index (χ1n) is 36.3. The van der Waals surface area contributed by atoms with Crippen LogP contribution in [0.1, 0.15) is 108 Å². The Balaban J connectivity index is 1.21. The number of benzene rings is 4. The lowest BCUT2D eigenvalue weighted by atomic mass is 9.98. The largest absolute Gasteiger partial charge is 0.508 e. The van der Waals surface area contributed by atoms with Crippen LogP contribution in [-0.2, 0) is 101 Å². The summed E-state index contributed by atoms with van der Waals surface area (Å²) in [6, 6.07) is 17.0. The number of rotatable bonds is 23. The molecule has 32 nitrogen and oxygen atoms in total. The van der Waals surface area contributed by atoms with Crippen molar-refractivity contribution in [3.8, 4) is 5.75 Å². The van der Waals surface area contributed by atoms with Crippen LogP contribution in [0.2, 0.25) is 0 Å². The Morgan fingerprint density at radius 3 is 1.52 bits per heavy atom. The number of phenols is 1. The predicted molar refractivity (Wildman–Crippen MR) is 387 cm³/mol. The molecule has 17 N–H and O–H groups in total. The van der Waals surface area contributed by atoms with Crippen LogP contribution in [-0.4, -0.2) is 216 Å². The molecule has 3 aliphatic rings. The first kappa shape index (κ1) is 82.4. The van der Waals surface area contributed by atoms with Crippen LogP contribution in [0.15, 0.2) is 121 Å². The van der Waals surface area contributed by atoms with Gasteiger partial charge in [-0.15, -0.1) is 5.10 Å². The number of nitrogens with two attached hydrogens (primary N) is 2. The minimum Gasteiger partial charge on any atom is -0.508 e. The normalized spacial score (nSPS) is 26.6. The number of phenolic OH excluding ortho intramolecular Hbond substituents is 1. The van der Waals surface area contributed by atoms with Gasteiger partial charge in [0, 0.05) is 51.3 Å². The summed E-state index contributed by atoms with van der Waals surface area (Å²) in [7, 11) is 0. The van der Waals surface area contributed by atoms with Crippen LogP contribution >= 0.6 is 0 Å². The lowest BCUT2D eigenvalue weighted by Gasteiger charge is -2.38. The van der Waals surface area contributed by atoms with Gasteiger partial charge in [-0.05, 0) is 98.2 Å². The van der Waals surface area contributed by atoms with Crippen LogP contribution in [0.25, 0.3) is 0 Å². The Morgan fingerprint density at radius 1 is 0.551 bits per heavy atom. The van der Waals surface area contributed by atoms with Gasteiger partial charge < -0.3 is 94.1 Å². The van der Waals surface area contributed by atoms with E-state index in [1.807, 2.05) is 13.8 Å². The molecular formula is C75H101N15O17. The minimum atomic E-state index is -1.73. The number of hydrogen-bond acceptors (Lipinski definition) is 20. The van der Waals surface area contributed by atoms with Crippen molar-refractivity contribution < 1.29 is 82.6 Å². The van der Waals surface area contributed by atoms with Gasteiger partial charge in [-0.25, -0.2) is 4.68 Å². The van der Waals surface area contributed by atoms with Crippen molar-refractivity contribution in [2.45, 2.75) is 209 Å². The second kappa shape index (κ2) is 39.9. The monoisotopic (exact) mass is 1480 g/mol. The molecule has 32 heteroatoms. The summed E-state index contributed by atoms with van der Waals surface area (Å²) in [6.45, 7) is 8.25. The highest BCUT2D eigenvalue weighted by Crippen LogP contribution is 2.24. The number of aliphatic hydroxyl groups excluding tert-OH is 3. The van der Waals surface area contributed by atoms with E-state index in [9.17, 15) is 44.4 Å².